The standard InChI is InChI=1S/C8H13N3O3S/c1-8(2,3)14-7(13)9-6-11-10-5(4-12)15-6/h12H,4H2,1-3H3,(H,9,11,13). The molecule has 1 amide bonds. The number of carbonyl (C=O) groups is 1. The second-order valence-electron chi connectivity index (χ2n) is 3.79. The molecule has 0 spiro atoms. The molecular formula is C8H13N3O3S. The zero-order valence-corrected chi connectivity index (χ0v) is 9.59. The number of aliphatic hydroxyl groups is 1. The first-order valence-electron chi connectivity index (χ1n) is 4.34. The van der Waals surface area contributed by atoms with E-state index < -0.39 is 11.7 Å². The van der Waals surface area contributed by atoms with Gasteiger partial charge in [0.15, 0.2) is 0 Å². The Morgan fingerprint density at radius 1 is 1.53 bits per heavy atom. The molecule has 84 valence electrons. The molecule has 0 aliphatic carbocycles. The zero-order chi connectivity index (χ0) is 11.5. The number of carbonyl (C=O) groups excluding carboxylic acids is 1. The summed E-state index contributed by atoms with van der Waals surface area (Å²) in [5.41, 5.74) is -0.547. The highest BCUT2D eigenvalue weighted by Gasteiger charge is 2.17. The van der Waals surface area contributed by atoms with Crippen molar-refractivity contribution in [1.82, 2.24) is 10.2 Å². The van der Waals surface area contributed by atoms with Crippen molar-refractivity contribution in [3.63, 3.8) is 0 Å². The van der Waals surface area contributed by atoms with Crippen LogP contribution in [-0.4, -0.2) is 27.0 Å². The summed E-state index contributed by atoms with van der Waals surface area (Å²) in [5, 5.41) is 19.2. The first kappa shape index (κ1) is 11.9. The summed E-state index contributed by atoms with van der Waals surface area (Å²) in [5.74, 6) is 0. The van der Waals surface area contributed by atoms with Crippen LogP contribution in [0.5, 0.6) is 0 Å². The van der Waals surface area contributed by atoms with Crippen LogP contribution in [-0.2, 0) is 11.3 Å². The van der Waals surface area contributed by atoms with E-state index in [1.165, 1.54) is 0 Å². The third-order valence-electron chi connectivity index (χ3n) is 1.21. The molecule has 15 heavy (non-hydrogen) atoms. The summed E-state index contributed by atoms with van der Waals surface area (Å²) < 4.78 is 5.01. The monoisotopic (exact) mass is 231 g/mol. The molecule has 1 heterocycles. The average molecular weight is 231 g/mol. The van der Waals surface area contributed by atoms with Gasteiger partial charge in [0.1, 0.15) is 10.6 Å². The molecule has 0 aliphatic rings. The quantitative estimate of drug-likeness (QED) is 0.803. The molecule has 0 aliphatic heterocycles. The predicted octanol–water partition coefficient (Wildman–Crippen LogP) is 1.38. The topological polar surface area (TPSA) is 84.3 Å². The van der Waals surface area contributed by atoms with Crippen LogP contribution in [0.1, 0.15) is 25.8 Å². The Labute approximate surface area is 91.3 Å². The fourth-order valence-corrected chi connectivity index (χ4v) is 1.34. The fraction of sp³-hybridized carbons (Fsp3) is 0.625. The number of hydrogen-bond acceptors (Lipinski definition) is 6. The van der Waals surface area contributed by atoms with Crippen LogP contribution in [0, 0.1) is 0 Å². The Morgan fingerprint density at radius 3 is 2.67 bits per heavy atom. The summed E-state index contributed by atoms with van der Waals surface area (Å²) in [7, 11) is 0. The SMILES string of the molecule is CC(C)(C)OC(=O)Nc1nnc(CO)s1. The molecule has 2 N–H and O–H groups in total. The molecule has 0 radical (unpaired) electrons. The van der Waals surface area contributed by atoms with Crippen molar-refractivity contribution in [2.24, 2.45) is 0 Å². The minimum absolute atomic E-state index is 0.187. The molecular weight excluding hydrogens is 218 g/mol. The molecule has 0 saturated carbocycles. The van der Waals surface area contributed by atoms with Crippen molar-refractivity contribution in [1.29, 1.82) is 0 Å². The highest BCUT2D eigenvalue weighted by Crippen LogP contribution is 2.16. The lowest BCUT2D eigenvalue weighted by atomic mass is 10.2. The molecule has 0 unspecified atom stereocenters. The van der Waals surface area contributed by atoms with E-state index in [1.54, 1.807) is 20.8 Å². The first-order chi connectivity index (χ1) is 6.90. The lowest BCUT2D eigenvalue weighted by Crippen LogP contribution is -2.27. The van der Waals surface area contributed by atoms with E-state index in [-0.39, 0.29) is 6.61 Å². The van der Waals surface area contributed by atoms with Gasteiger partial charge in [-0.1, -0.05) is 11.3 Å². The van der Waals surface area contributed by atoms with Crippen LogP contribution < -0.4 is 5.32 Å². The van der Waals surface area contributed by atoms with E-state index >= 15 is 0 Å². The van der Waals surface area contributed by atoms with Crippen LogP contribution in [0.4, 0.5) is 9.93 Å². The van der Waals surface area contributed by atoms with Crippen LogP contribution in [0.25, 0.3) is 0 Å². The van der Waals surface area contributed by atoms with Gasteiger partial charge in [0.25, 0.3) is 0 Å². The summed E-state index contributed by atoms with van der Waals surface area (Å²) in [6, 6.07) is 0. The molecule has 1 aromatic rings. The third-order valence-corrected chi connectivity index (χ3v) is 2.03. The van der Waals surface area contributed by atoms with E-state index in [4.69, 9.17) is 9.84 Å². The van der Waals surface area contributed by atoms with Gasteiger partial charge in [-0.25, -0.2) is 4.79 Å². The molecule has 7 heteroatoms. The summed E-state index contributed by atoms with van der Waals surface area (Å²) in [6.45, 7) is 5.12. The van der Waals surface area contributed by atoms with Crippen LogP contribution in [0.2, 0.25) is 0 Å². The summed E-state index contributed by atoms with van der Waals surface area (Å²) in [6.07, 6.45) is -0.580. The Balaban J connectivity index is 2.51. The number of nitrogens with one attached hydrogen (secondary N) is 1. The van der Waals surface area contributed by atoms with Gasteiger partial charge < -0.3 is 9.84 Å². The molecule has 0 fully saturated rings. The third kappa shape index (κ3) is 4.22. The van der Waals surface area contributed by atoms with Gasteiger partial charge in [-0.05, 0) is 20.8 Å². The fourth-order valence-electron chi connectivity index (χ4n) is 0.759. The maximum Gasteiger partial charge on any atom is 0.414 e. The van der Waals surface area contributed by atoms with Gasteiger partial charge in [0, 0.05) is 0 Å². The van der Waals surface area contributed by atoms with Crippen molar-refractivity contribution >= 4 is 22.6 Å². The maximum absolute atomic E-state index is 11.3. The number of aliphatic hydroxyl groups excluding tert-OH is 1. The average Bonchev–Trinajstić information content (AvgIpc) is 2.48. The number of amides is 1. The molecule has 6 nitrogen and oxygen atoms in total. The number of anilines is 1. The number of ether oxygens (including phenoxy) is 1. The van der Waals surface area contributed by atoms with Crippen molar-refractivity contribution in [3.8, 4) is 0 Å². The Bertz CT molecular complexity index is 345. The molecule has 0 saturated heterocycles. The second kappa shape index (κ2) is 4.54. The highest BCUT2D eigenvalue weighted by atomic mass is 32.1. The van der Waals surface area contributed by atoms with Gasteiger partial charge in [0.05, 0.1) is 6.61 Å². The van der Waals surface area contributed by atoms with E-state index in [2.05, 4.69) is 15.5 Å². The number of rotatable bonds is 2. The molecule has 1 aromatic heterocycles. The second-order valence-corrected chi connectivity index (χ2v) is 4.85. The molecule has 0 bridgehead atoms. The van der Waals surface area contributed by atoms with Crippen molar-refractivity contribution in [3.05, 3.63) is 5.01 Å². The minimum Gasteiger partial charge on any atom is -0.444 e. The van der Waals surface area contributed by atoms with Crippen LogP contribution in [0.15, 0.2) is 0 Å². The van der Waals surface area contributed by atoms with Gasteiger partial charge >= 0.3 is 6.09 Å². The summed E-state index contributed by atoms with van der Waals surface area (Å²) >= 11 is 1.10. The summed E-state index contributed by atoms with van der Waals surface area (Å²) in [4.78, 5) is 11.3. The number of hydrogen-bond donors (Lipinski definition) is 2. The van der Waals surface area contributed by atoms with Gasteiger partial charge in [-0.2, -0.15) is 0 Å². The van der Waals surface area contributed by atoms with Gasteiger partial charge in [-0.15, -0.1) is 10.2 Å². The predicted molar refractivity (Wildman–Crippen MR) is 55.7 cm³/mol. The van der Waals surface area contributed by atoms with E-state index in [0.29, 0.717) is 10.1 Å². The Kier molecular flexibility index (Phi) is 3.59. The maximum atomic E-state index is 11.3. The highest BCUT2D eigenvalue weighted by molar-refractivity contribution is 7.15. The van der Waals surface area contributed by atoms with Crippen molar-refractivity contribution in [2.75, 3.05) is 5.32 Å². The van der Waals surface area contributed by atoms with Crippen LogP contribution >= 0.6 is 11.3 Å². The van der Waals surface area contributed by atoms with Crippen molar-refractivity contribution < 1.29 is 14.6 Å². The largest absolute Gasteiger partial charge is 0.444 e. The smallest absolute Gasteiger partial charge is 0.414 e. The Hall–Kier alpha value is -1.21. The zero-order valence-electron chi connectivity index (χ0n) is 8.77. The lowest BCUT2D eigenvalue weighted by Gasteiger charge is -2.18. The van der Waals surface area contributed by atoms with Crippen molar-refractivity contribution in [2.45, 2.75) is 33.0 Å². The Morgan fingerprint density at radius 2 is 2.20 bits per heavy atom. The number of aromatic nitrogens is 2. The van der Waals surface area contributed by atoms with E-state index in [9.17, 15) is 4.79 Å². The van der Waals surface area contributed by atoms with Gasteiger partial charge in [0.2, 0.25) is 5.13 Å². The lowest BCUT2D eigenvalue weighted by molar-refractivity contribution is 0.0636. The minimum atomic E-state index is -0.580. The molecule has 0 aromatic carbocycles. The number of nitrogens with zero attached hydrogens (tertiary/aromatic N) is 2. The first-order valence-corrected chi connectivity index (χ1v) is 5.15. The normalized spacial score (nSPS) is 11.2. The van der Waals surface area contributed by atoms with E-state index in [1.807, 2.05) is 0 Å². The molecule has 1 rings (SSSR count). The molecule has 0 atom stereocenters. The van der Waals surface area contributed by atoms with E-state index in [0.717, 1.165) is 11.3 Å². The van der Waals surface area contributed by atoms with Crippen LogP contribution in [0.3, 0.4) is 0 Å². The van der Waals surface area contributed by atoms with Gasteiger partial charge in [-0.3, -0.25) is 5.32 Å².